The fourth-order valence-electron chi connectivity index (χ4n) is 2.74. The molecule has 7 heteroatoms. The lowest BCUT2D eigenvalue weighted by atomic mass is 10.4. The Morgan fingerprint density at radius 1 is 0.900 bits per heavy atom. The molecule has 0 bridgehead atoms. The molecule has 1 aliphatic rings. The van der Waals surface area contributed by atoms with Gasteiger partial charge in [-0.25, -0.2) is 0 Å². The van der Waals surface area contributed by atoms with Gasteiger partial charge in [0.15, 0.2) is 0 Å². The SMILES string of the molecule is CCOC1(OCC)CC[Si](C)(OCC)[Si](C)(OCC)O1. The number of hydrogen-bond acceptors (Lipinski definition) is 5. The predicted molar refractivity (Wildman–Crippen MR) is 83.0 cm³/mol. The van der Waals surface area contributed by atoms with Gasteiger partial charge in [-0.1, -0.05) is 0 Å². The van der Waals surface area contributed by atoms with Crippen molar-refractivity contribution in [2.45, 2.75) is 59.2 Å². The Kier molecular flexibility index (Phi) is 6.84. The summed E-state index contributed by atoms with van der Waals surface area (Å²) in [5.74, 6) is -0.941. The molecular weight excluding hydrogens is 292 g/mol. The van der Waals surface area contributed by atoms with Crippen molar-refractivity contribution >= 4 is 15.9 Å². The molecule has 0 aromatic carbocycles. The Morgan fingerprint density at radius 3 is 1.90 bits per heavy atom. The highest BCUT2D eigenvalue weighted by atomic mass is 29.3. The van der Waals surface area contributed by atoms with Crippen molar-refractivity contribution in [3.8, 4) is 0 Å². The zero-order chi connectivity index (χ0) is 15.3. The van der Waals surface area contributed by atoms with Gasteiger partial charge in [-0.05, 0) is 46.8 Å². The van der Waals surface area contributed by atoms with E-state index in [1.165, 1.54) is 0 Å². The number of hydrogen-bond donors (Lipinski definition) is 0. The topological polar surface area (TPSA) is 46.2 Å². The fraction of sp³-hybridized carbons (Fsp3) is 1.00. The fourth-order valence-corrected chi connectivity index (χ4v) is 12.4. The van der Waals surface area contributed by atoms with E-state index in [1.807, 2.05) is 27.7 Å². The standard InChI is InChI=1S/C13H30O5Si2/c1-7-14-13(15-8-2)11-12-19(5,16-9-3)20(6,18-13)17-10-4/h7-12H2,1-6H3. The first kappa shape index (κ1) is 18.3. The monoisotopic (exact) mass is 322 g/mol. The molecule has 20 heavy (non-hydrogen) atoms. The van der Waals surface area contributed by atoms with Crippen LogP contribution in [-0.2, 0) is 22.8 Å². The summed E-state index contributed by atoms with van der Waals surface area (Å²) in [5.41, 5.74) is 0. The van der Waals surface area contributed by atoms with Crippen molar-refractivity contribution in [3.63, 3.8) is 0 Å². The van der Waals surface area contributed by atoms with E-state index in [2.05, 4.69) is 13.1 Å². The molecule has 1 saturated heterocycles. The van der Waals surface area contributed by atoms with Gasteiger partial charge >= 0.3 is 8.08 Å². The van der Waals surface area contributed by atoms with Crippen molar-refractivity contribution < 1.29 is 22.8 Å². The first-order valence-corrected chi connectivity index (χ1v) is 13.6. The van der Waals surface area contributed by atoms with Crippen LogP contribution in [0.1, 0.15) is 34.1 Å². The van der Waals surface area contributed by atoms with Gasteiger partial charge in [-0.2, -0.15) is 0 Å². The molecule has 0 N–H and O–H groups in total. The molecule has 0 saturated carbocycles. The van der Waals surface area contributed by atoms with Crippen LogP contribution < -0.4 is 0 Å². The molecule has 2 atom stereocenters. The van der Waals surface area contributed by atoms with Crippen LogP contribution in [0.5, 0.6) is 0 Å². The van der Waals surface area contributed by atoms with E-state index < -0.39 is 21.9 Å². The largest absolute Gasteiger partial charge is 0.414 e. The third-order valence-corrected chi connectivity index (χ3v) is 17.1. The highest BCUT2D eigenvalue weighted by Gasteiger charge is 2.63. The minimum Gasteiger partial charge on any atom is -0.414 e. The number of ether oxygens (including phenoxy) is 2. The summed E-state index contributed by atoms with van der Waals surface area (Å²) in [6, 6.07) is 0.948. The molecule has 0 aliphatic carbocycles. The Labute approximate surface area is 125 Å². The summed E-state index contributed by atoms with van der Waals surface area (Å²) in [6.45, 7) is 14.7. The molecule has 0 spiro atoms. The predicted octanol–water partition coefficient (Wildman–Crippen LogP) is 2.93. The lowest BCUT2D eigenvalue weighted by molar-refractivity contribution is -0.353. The molecule has 5 nitrogen and oxygen atoms in total. The Morgan fingerprint density at radius 2 is 1.45 bits per heavy atom. The third-order valence-electron chi connectivity index (χ3n) is 3.83. The van der Waals surface area contributed by atoms with E-state index in [9.17, 15) is 0 Å². The van der Waals surface area contributed by atoms with E-state index in [4.69, 9.17) is 22.8 Å². The van der Waals surface area contributed by atoms with Gasteiger partial charge in [0.2, 0.25) is 7.83 Å². The van der Waals surface area contributed by atoms with E-state index in [0.717, 1.165) is 6.04 Å². The van der Waals surface area contributed by atoms with Crippen LogP contribution in [-0.4, -0.2) is 48.3 Å². The van der Waals surface area contributed by atoms with Crippen molar-refractivity contribution in [2.24, 2.45) is 0 Å². The summed E-state index contributed by atoms with van der Waals surface area (Å²) < 4.78 is 30.2. The second-order valence-corrected chi connectivity index (χ2v) is 16.7. The highest BCUT2D eigenvalue weighted by molar-refractivity contribution is 7.34. The van der Waals surface area contributed by atoms with Crippen LogP contribution in [0.15, 0.2) is 0 Å². The van der Waals surface area contributed by atoms with Crippen LogP contribution in [0.3, 0.4) is 0 Å². The molecule has 0 amide bonds. The molecule has 120 valence electrons. The van der Waals surface area contributed by atoms with Crippen molar-refractivity contribution in [2.75, 3.05) is 26.4 Å². The summed E-state index contributed by atoms with van der Waals surface area (Å²) in [5, 5.41) is 0. The lowest BCUT2D eigenvalue weighted by Crippen LogP contribution is -2.72. The molecule has 0 aromatic rings. The van der Waals surface area contributed by atoms with Gasteiger partial charge in [0, 0.05) is 32.8 Å². The van der Waals surface area contributed by atoms with Gasteiger partial charge in [-0.15, -0.1) is 0 Å². The maximum Gasteiger partial charge on any atom is 0.350 e. The van der Waals surface area contributed by atoms with Crippen LogP contribution >= 0.6 is 0 Å². The molecule has 1 aliphatic heterocycles. The maximum atomic E-state index is 6.36. The molecule has 0 radical (unpaired) electrons. The average molecular weight is 323 g/mol. The van der Waals surface area contributed by atoms with Crippen LogP contribution in [0.2, 0.25) is 19.1 Å². The van der Waals surface area contributed by atoms with E-state index in [0.29, 0.717) is 32.8 Å². The van der Waals surface area contributed by atoms with Crippen LogP contribution in [0.4, 0.5) is 0 Å². The first-order chi connectivity index (χ1) is 9.41. The van der Waals surface area contributed by atoms with Crippen molar-refractivity contribution in [1.29, 1.82) is 0 Å². The average Bonchev–Trinajstić information content (AvgIpc) is 2.36. The molecule has 0 aromatic heterocycles. The van der Waals surface area contributed by atoms with Gasteiger partial charge in [0.1, 0.15) is 0 Å². The zero-order valence-corrected chi connectivity index (χ0v) is 15.8. The zero-order valence-electron chi connectivity index (χ0n) is 13.8. The van der Waals surface area contributed by atoms with E-state index >= 15 is 0 Å². The summed E-state index contributed by atoms with van der Waals surface area (Å²) in [6.07, 6.45) is 0.715. The van der Waals surface area contributed by atoms with E-state index in [1.54, 1.807) is 0 Å². The first-order valence-electron chi connectivity index (χ1n) is 7.66. The van der Waals surface area contributed by atoms with E-state index in [-0.39, 0.29) is 0 Å². The summed E-state index contributed by atoms with van der Waals surface area (Å²) >= 11 is 0. The Balaban J connectivity index is 3.01. The van der Waals surface area contributed by atoms with Gasteiger partial charge < -0.3 is 22.8 Å². The molecular formula is C13H30O5Si2. The highest BCUT2D eigenvalue weighted by Crippen LogP contribution is 2.41. The minimum atomic E-state index is -2.45. The maximum absolute atomic E-state index is 6.36. The van der Waals surface area contributed by atoms with Gasteiger partial charge in [-0.3, -0.25) is 0 Å². The Bertz CT molecular complexity index is 298. The summed E-state index contributed by atoms with van der Waals surface area (Å²) in [7, 11) is -4.48. The molecule has 1 heterocycles. The van der Waals surface area contributed by atoms with Crippen LogP contribution in [0, 0.1) is 0 Å². The Hall–Kier alpha value is 0.234. The molecule has 1 rings (SSSR count). The van der Waals surface area contributed by atoms with Gasteiger partial charge in [0.25, 0.3) is 5.97 Å². The second-order valence-electron chi connectivity index (χ2n) is 5.19. The summed E-state index contributed by atoms with van der Waals surface area (Å²) in [4.78, 5) is 0. The smallest absolute Gasteiger partial charge is 0.350 e. The third kappa shape index (κ3) is 3.70. The quantitative estimate of drug-likeness (QED) is 0.508. The second kappa shape index (κ2) is 7.48. The van der Waals surface area contributed by atoms with Crippen molar-refractivity contribution in [3.05, 3.63) is 0 Å². The molecule has 1 fully saturated rings. The van der Waals surface area contributed by atoms with Gasteiger partial charge in [0.05, 0.1) is 0 Å². The normalized spacial score (nSPS) is 33.3. The molecule has 2 unspecified atom stereocenters. The van der Waals surface area contributed by atoms with Crippen molar-refractivity contribution in [1.82, 2.24) is 0 Å². The van der Waals surface area contributed by atoms with Crippen LogP contribution in [0.25, 0.3) is 0 Å². The minimum absolute atomic E-state index is 0.559. The lowest BCUT2D eigenvalue weighted by Gasteiger charge is -2.50. The number of rotatable bonds is 8.